The molecule has 6 nitrogen and oxygen atoms in total. The molecule has 110 valence electrons. The van der Waals surface area contributed by atoms with Gasteiger partial charge in [-0.2, -0.15) is 0 Å². The van der Waals surface area contributed by atoms with E-state index < -0.39 is 17.4 Å². The van der Waals surface area contributed by atoms with Gasteiger partial charge in [0.1, 0.15) is 11.2 Å². The maximum atomic E-state index is 12.4. The molecule has 0 aliphatic carbocycles. The summed E-state index contributed by atoms with van der Waals surface area (Å²) in [5, 5.41) is 10.3. The van der Waals surface area contributed by atoms with Crippen LogP contribution in [0.15, 0.2) is 35.1 Å². The van der Waals surface area contributed by atoms with E-state index in [0.717, 1.165) is 4.90 Å². The minimum absolute atomic E-state index is 0.0653. The molecule has 21 heavy (non-hydrogen) atoms. The number of rotatable bonds is 3. The molecule has 0 saturated heterocycles. The number of pyridine rings is 1. The van der Waals surface area contributed by atoms with E-state index in [4.69, 9.17) is 5.11 Å². The highest BCUT2D eigenvalue weighted by Gasteiger charge is 2.35. The van der Waals surface area contributed by atoms with E-state index in [9.17, 15) is 14.4 Å². The number of benzene rings is 1. The van der Waals surface area contributed by atoms with E-state index in [1.54, 1.807) is 30.3 Å². The number of H-pyrrole nitrogens is 1. The molecule has 0 aliphatic heterocycles. The minimum atomic E-state index is -1.38. The summed E-state index contributed by atoms with van der Waals surface area (Å²) in [5.74, 6) is -1.67. The smallest absolute Gasteiger partial charge is 0.329 e. The zero-order chi connectivity index (χ0) is 15.8. The molecule has 6 heteroatoms. The number of nitrogens with zero attached hydrogens (tertiary/aromatic N) is 1. The van der Waals surface area contributed by atoms with Crippen LogP contribution in [0, 0.1) is 0 Å². The van der Waals surface area contributed by atoms with Crippen LogP contribution in [0.3, 0.4) is 0 Å². The summed E-state index contributed by atoms with van der Waals surface area (Å²) >= 11 is 0. The Kier molecular flexibility index (Phi) is 3.55. The van der Waals surface area contributed by atoms with Crippen molar-refractivity contribution in [3.63, 3.8) is 0 Å². The number of aromatic amines is 1. The second-order valence-electron chi connectivity index (χ2n) is 5.33. The van der Waals surface area contributed by atoms with Crippen molar-refractivity contribution < 1.29 is 14.7 Å². The van der Waals surface area contributed by atoms with Crippen molar-refractivity contribution in [3.05, 3.63) is 46.4 Å². The molecule has 0 unspecified atom stereocenters. The van der Waals surface area contributed by atoms with E-state index in [2.05, 4.69) is 4.98 Å². The quantitative estimate of drug-likeness (QED) is 0.894. The first-order valence-electron chi connectivity index (χ1n) is 6.39. The van der Waals surface area contributed by atoms with Crippen LogP contribution >= 0.6 is 0 Å². The first-order chi connectivity index (χ1) is 9.75. The lowest BCUT2D eigenvalue weighted by Crippen LogP contribution is -2.51. The summed E-state index contributed by atoms with van der Waals surface area (Å²) in [4.78, 5) is 39.2. The number of carboxylic acid groups (broad SMARTS) is 1. The number of hydrogen-bond acceptors (Lipinski definition) is 3. The van der Waals surface area contributed by atoms with Gasteiger partial charge < -0.3 is 15.0 Å². The molecule has 0 fully saturated rings. The highest BCUT2D eigenvalue weighted by Crippen LogP contribution is 2.17. The molecule has 1 aromatic carbocycles. The largest absolute Gasteiger partial charge is 0.480 e. The second kappa shape index (κ2) is 5.05. The highest BCUT2D eigenvalue weighted by molar-refractivity contribution is 5.98. The third-order valence-corrected chi connectivity index (χ3v) is 3.65. The summed E-state index contributed by atoms with van der Waals surface area (Å²) in [6.07, 6.45) is 0. The van der Waals surface area contributed by atoms with E-state index in [1.165, 1.54) is 20.9 Å². The Morgan fingerprint density at radius 2 is 1.86 bits per heavy atom. The fraction of sp³-hybridized carbons (Fsp3) is 0.267. The van der Waals surface area contributed by atoms with Crippen molar-refractivity contribution in [2.75, 3.05) is 7.05 Å². The number of carbonyl (C=O) groups is 2. The number of carbonyl (C=O) groups excluding carboxylic acids is 1. The Bertz CT molecular complexity index is 777. The Hall–Kier alpha value is -2.63. The molecule has 2 N–H and O–H groups in total. The Balaban J connectivity index is 2.50. The van der Waals surface area contributed by atoms with Crippen molar-refractivity contribution in [1.82, 2.24) is 9.88 Å². The Labute approximate surface area is 121 Å². The SMILES string of the molecule is CN(C(=O)c1cc2ccccc2c(=O)[nH]1)C(C)(C)C(=O)O. The van der Waals surface area contributed by atoms with Gasteiger partial charge in [-0.25, -0.2) is 4.79 Å². The summed E-state index contributed by atoms with van der Waals surface area (Å²) in [6.45, 7) is 2.85. The van der Waals surface area contributed by atoms with E-state index in [0.29, 0.717) is 10.8 Å². The molecular formula is C15H16N2O4. The van der Waals surface area contributed by atoms with Crippen molar-refractivity contribution >= 4 is 22.6 Å². The molecule has 1 heterocycles. The highest BCUT2D eigenvalue weighted by atomic mass is 16.4. The zero-order valence-corrected chi connectivity index (χ0v) is 12.0. The third-order valence-electron chi connectivity index (χ3n) is 3.65. The lowest BCUT2D eigenvalue weighted by atomic mass is 10.0. The molecule has 0 spiro atoms. The van der Waals surface area contributed by atoms with Gasteiger partial charge in [-0.1, -0.05) is 18.2 Å². The predicted molar refractivity (Wildman–Crippen MR) is 78.4 cm³/mol. The topological polar surface area (TPSA) is 90.5 Å². The normalized spacial score (nSPS) is 11.4. The molecule has 0 radical (unpaired) electrons. The lowest BCUT2D eigenvalue weighted by molar-refractivity contribution is -0.147. The molecule has 1 aromatic heterocycles. The van der Waals surface area contributed by atoms with E-state index >= 15 is 0 Å². The summed E-state index contributed by atoms with van der Waals surface area (Å²) in [5.41, 5.74) is -1.69. The first kappa shape index (κ1) is 14.8. The molecule has 0 bridgehead atoms. The van der Waals surface area contributed by atoms with Gasteiger partial charge >= 0.3 is 5.97 Å². The van der Waals surface area contributed by atoms with Crippen molar-refractivity contribution in [1.29, 1.82) is 0 Å². The van der Waals surface area contributed by atoms with Crippen molar-refractivity contribution in [2.45, 2.75) is 19.4 Å². The van der Waals surface area contributed by atoms with Gasteiger partial charge in [0, 0.05) is 12.4 Å². The fourth-order valence-corrected chi connectivity index (χ4v) is 1.90. The molecule has 1 amide bonds. The predicted octanol–water partition coefficient (Wildman–Crippen LogP) is 1.46. The Morgan fingerprint density at radius 1 is 1.24 bits per heavy atom. The van der Waals surface area contributed by atoms with E-state index in [-0.39, 0.29) is 11.3 Å². The summed E-state index contributed by atoms with van der Waals surface area (Å²) in [7, 11) is 1.39. The van der Waals surface area contributed by atoms with Crippen LogP contribution in [0.4, 0.5) is 0 Å². The third kappa shape index (κ3) is 2.52. The molecule has 0 atom stereocenters. The van der Waals surface area contributed by atoms with Crippen molar-refractivity contribution in [2.24, 2.45) is 0 Å². The van der Waals surface area contributed by atoms with Crippen molar-refractivity contribution in [3.8, 4) is 0 Å². The molecular weight excluding hydrogens is 272 g/mol. The van der Waals surface area contributed by atoms with Crippen LogP contribution in [0.5, 0.6) is 0 Å². The van der Waals surface area contributed by atoms with Crippen LogP contribution in [0.1, 0.15) is 24.3 Å². The number of fused-ring (bicyclic) bond motifs is 1. The minimum Gasteiger partial charge on any atom is -0.480 e. The zero-order valence-electron chi connectivity index (χ0n) is 12.0. The number of likely N-dealkylation sites (N-methyl/N-ethyl adjacent to an activating group) is 1. The number of carboxylic acids is 1. The summed E-state index contributed by atoms with van der Waals surface area (Å²) < 4.78 is 0. The second-order valence-corrected chi connectivity index (χ2v) is 5.33. The molecule has 2 rings (SSSR count). The summed E-state index contributed by atoms with van der Waals surface area (Å²) in [6, 6.07) is 8.43. The molecule has 0 aliphatic rings. The van der Waals surface area contributed by atoms with E-state index in [1.807, 2.05) is 0 Å². The first-order valence-corrected chi connectivity index (χ1v) is 6.39. The number of nitrogens with one attached hydrogen (secondary N) is 1. The van der Waals surface area contributed by atoms with Gasteiger partial charge in [0.15, 0.2) is 0 Å². The van der Waals surface area contributed by atoms with Gasteiger partial charge in [-0.05, 0) is 31.4 Å². The Morgan fingerprint density at radius 3 is 2.48 bits per heavy atom. The fourth-order valence-electron chi connectivity index (χ4n) is 1.90. The van der Waals surface area contributed by atoms with Crippen LogP contribution in [-0.4, -0.2) is 39.5 Å². The number of aromatic nitrogens is 1. The average molecular weight is 288 g/mol. The standard InChI is InChI=1S/C15H16N2O4/c1-15(2,14(20)21)17(3)13(19)11-8-9-6-4-5-7-10(9)12(18)16-11/h4-8H,1-3H3,(H,16,18)(H,20,21). The lowest BCUT2D eigenvalue weighted by Gasteiger charge is -2.31. The van der Waals surface area contributed by atoms with Gasteiger partial charge in [0.2, 0.25) is 0 Å². The molecule has 2 aromatic rings. The van der Waals surface area contributed by atoms with Crippen LogP contribution in [-0.2, 0) is 4.79 Å². The number of amides is 1. The van der Waals surface area contributed by atoms with Gasteiger partial charge in [0.25, 0.3) is 11.5 Å². The van der Waals surface area contributed by atoms with Gasteiger partial charge in [-0.15, -0.1) is 0 Å². The maximum absolute atomic E-state index is 12.4. The number of aliphatic carboxylic acids is 1. The molecule has 0 saturated carbocycles. The van der Waals surface area contributed by atoms with Gasteiger partial charge in [0.05, 0.1) is 0 Å². The van der Waals surface area contributed by atoms with Crippen LogP contribution in [0.2, 0.25) is 0 Å². The maximum Gasteiger partial charge on any atom is 0.329 e. The monoisotopic (exact) mass is 288 g/mol. The van der Waals surface area contributed by atoms with Crippen LogP contribution < -0.4 is 5.56 Å². The van der Waals surface area contributed by atoms with Crippen LogP contribution in [0.25, 0.3) is 10.8 Å². The average Bonchev–Trinajstić information content (AvgIpc) is 2.45. The number of hydrogen-bond donors (Lipinski definition) is 2. The van der Waals surface area contributed by atoms with Gasteiger partial charge in [-0.3, -0.25) is 9.59 Å².